The molecule has 2 atom stereocenters. The Bertz CT molecular complexity index is 1040. The van der Waals surface area contributed by atoms with Gasteiger partial charge in [-0.05, 0) is 36.6 Å². The van der Waals surface area contributed by atoms with E-state index in [1.807, 2.05) is 36.4 Å². The zero-order valence-electron chi connectivity index (χ0n) is 15.7. The Hall–Kier alpha value is -2.77. The summed E-state index contributed by atoms with van der Waals surface area (Å²) in [5.74, 6) is -0.700. The van der Waals surface area contributed by atoms with Crippen LogP contribution in [0.2, 0.25) is 0 Å². The number of aromatic nitrogens is 1. The average molecular weight is 408 g/mol. The zero-order chi connectivity index (χ0) is 19.8. The molecule has 6 nitrogen and oxygen atoms in total. The first-order valence-corrected chi connectivity index (χ1v) is 10.6. The van der Waals surface area contributed by atoms with Crippen molar-refractivity contribution in [2.24, 2.45) is 0 Å². The molecule has 0 spiro atoms. The molecule has 3 aromatic rings. The number of nitrogens with zero attached hydrogens (tertiary/aromatic N) is 2. The molecule has 0 aliphatic carbocycles. The molecule has 2 aliphatic rings. The van der Waals surface area contributed by atoms with Gasteiger partial charge in [0.05, 0.1) is 28.4 Å². The lowest BCUT2D eigenvalue weighted by atomic mass is 9.98. The second-order valence-electron chi connectivity index (χ2n) is 7.30. The Labute approximate surface area is 172 Å². The van der Waals surface area contributed by atoms with Gasteiger partial charge in [0.2, 0.25) is 0 Å². The summed E-state index contributed by atoms with van der Waals surface area (Å²) < 4.78 is 12.3. The van der Waals surface area contributed by atoms with E-state index in [0.29, 0.717) is 30.3 Å². The number of ether oxygens (including phenoxy) is 2. The van der Waals surface area contributed by atoms with Gasteiger partial charge in [0, 0.05) is 13.0 Å². The summed E-state index contributed by atoms with van der Waals surface area (Å²) in [5, 5.41) is 0.613. The van der Waals surface area contributed by atoms with Crippen molar-refractivity contribution in [2.75, 3.05) is 18.1 Å². The van der Waals surface area contributed by atoms with Crippen molar-refractivity contribution >= 4 is 38.6 Å². The van der Waals surface area contributed by atoms with Gasteiger partial charge in [-0.2, -0.15) is 0 Å². The standard InChI is InChI=1S/C22H20N2O4S/c25-20(18-12-14-6-1-2-8-16(14)21(26)28-18)24(13-15-7-5-11-27-15)22-23-17-9-3-4-10-19(17)29-22/h1-4,6,8-10,15,18H,5,7,11-13H2/t15-,18+/m1/s1. The number of thiazole rings is 1. The molecule has 148 valence electrons. The lowest BCUT2D eigenvalue weighted by Crippen LogP contribution is -2.47. The van der Waals surface area contributed by atoms with Crippen molar-refractivity contribution < 1.29 is 19.1 Å². The van der Waals surface area contributed by atoms with Crippen LogP contribution in [0.5, 0.6) is 0 Å². The summed E-state index contributed by atoms with van der Waals surface area (Å²) in [6, 6.07) is 15.1. The van der Waals surface area contributed by atoms with Gasteiger partial charge in [-0.1, -0.05) is 41.7 Å². The highest BCUT2D eigenvalue weighted by Gasteiger charge is 2.36. The van der Waals surface area contributed by atoms with Crippen LogP contribution in [0.4, 0.5) is 5.13 Å². The molecule has 0 radical (unpaired) electrons. The van der Waals surface area contributed by atoms with Crippen LogP contribution in [0, 0.1) is 0 Å². The summed E-state index contributed by atoms with van der Waals surface area (Å²) >= 11 is 1.47. The Kier molecular flexibility index (Phi) is 4.77. The number of esters is 1. The molecule has 2 aromatic carbocycles. The predicted octanol–water partition coefficient (Wildman–Crippen LogP) is 3.59. The largest absolute Gasteiger partial charge is 0.448 e. The molecule has 29 heavy (non-hydrogen) atoms. The molecule has 1 saturated heterocycles. The molecule has 1 fully saturated rings. The summed E-state index contributed by atoms with van der Waals surface area (Å²) in [4.78, 5) is 32.2. The Morgan fingerprint density at radius 2 is 2.00 bits per heavy atom. The van der Waals surface area contributed by atoms with Gasteiger partial charge in [-0.15, -0.1) is 0 Å². The summed E-state index contributed by atoms with van der Waals surface area (Å²) in [6.45, 7) is 1.12. The second kappa shape index (κ2) is 7.57. The number of amides is 1. The highest BCUT2D eigenvalue weighted by Crippen LogP contribution is 2.31. The van der Waals surface area contributed by atoms with E-state index in [-0.39, 0.29) is 12.0 Å². The van der Waals surface area contributed by atoms with Crippen molar-refractivity contribution in [3.63, 3.8) is 0 Å². The maximum absolute atomic E-state index is 13.5. The number of rotatable bonds is 4. The summed E-state index contributed by atoms with van der Waals surface area (Å²) in [6.07, 6.45) is 1.37. The molecule has 5 rings (SSSR count). The lowest BCUT2D eigenvalue weighted by Gasteiger charge is -2.29. The maximum atomic E-state index is 13.5. The number of carbonyl (C=O) groups is 2. The van der Waals surface area contributed by atoms with Crippen molar-refractivity contribution in [2.45, 2.75) is 31.5 Å². The van der Waals surface area contributed by atoms with Gasteiger partial charge in [0.1, 0.15) is 0 Å². The summed E-state index contributed by atoms with van der Waals surface area (Å²) in [7, 11) is 0. The number of carbonyl (C=O) groups excluding carboxylic acids is 2. The van der Waals surface area contributed by atoms with E-state index in [9.17, 15) is 9.59 Å². The van der Waals surface area contributed by atoms with Crippen LogP contribution in [0.15, 0.2) is 48.5 Å². The third-order valence-electron chi connectivity index (χ3n) is 5.36. The van der Waals surface area contributed by atoms with Crippen LogP contribution in [-0.2, 0) is 20.7 Å². The van der Waals surface area contributed by atoms with Crippen LogP contribution < -0.4 is 4.90 Å². The fourth-order valence-electron chi connectivity index (χ4n) is 3.87. The minimum Gasteiger partial charge on any atom is -0.448 e. The molecule has 0 N–H and O–H groups in total. The highest BCUT2D eigenvalue weighted by atomic mass is 32.1. The Morgan fingerprint density at radius 1 is 1.17 bits per heavy atom. The van der Waals surface area contributed by atoms with Gasteiger partial charge in [-0.25, -0.2) is 9.78 Å². The van der Waals surface area contributed by atoms with Gasteiger partial charge in [0.25, 0.3) is 5.91 Å². The van der Waals surface area contributed by atoms with Crippen LogP contribution >= 0.6 is 11.3 Å². The fraction of sp³-hybridized carbons (Fsp3) is 0.318. The molecular weight excluding hydrogens is 388 g/mol. The van der Waals surface area contributed by atoms with E-state index in [0.717, 1.165) is 28.6 Å². The zero-order valence-corrected chi connectivity index (χ0v) is 16.6. The monoisotopic (exact) mass is 408 g/mol. The second-order valence-corrected chi connectivity index (χ2v) is 8.31. The smallest absolute Gasteiger partial charge is 0.339 e. The minimum absolute atomic E-state index is 0.0301. The number of hydrogen-bond acceptors (Lipinski definition) is 6. The number of fused-ring (bicyclic) bond motifs is 2. The predicted molar refractivity (Wildman–Crippen MR) is 110 cm³/mol. The van der Waals surface area contributed by atoms with E-state index in [2.05, 4.69) is 4.98 Å². The van der Waals surface area contributed by atoms with Gasteiger partial charge >= 0.3 is 5.97 Å². The first-order chi connectivity index (χ1) is 14.2. The van der Waals surface area contributed by atoms with E-state index in [4.69, 9.17) is 9.47 Å². The molecule has 1 amide bonds. The number of anilines is 1. The molecule has 1 aromatic heterocycles. The minimum atomic E-state index is -0.856. The van der Waals surface area contributed by atoms with Crippen molar-refractivity contribution in [1.29, 1.82) is 0 Å². The first kappa shape index (κ1) is 18.3. The van der Waals surface area contributed by atoms with Gasteiger partial charge < -0.3 is 9.47 Å². The fourth-order valence-corrected chi connectivity index (χ4v) is 4.85. The molecule has 0 saturated carbocycles. The van der Waals surface area contributed by atoms with Crippen LogP contribution in [0.1, 0.15) is 28.8 Å². The third kappa shape index (κ3) is 3.52. The number of benzene rings is 2. The van der Waals surface area contributed by atoms with E-state index < -0.39 is 12.1 Å². The number of cyclic esters (lactones) is 1. The van der Waals surface area contributed by atoms with Crippen molar-refractivity contribution in [1.82, 2.24) is 4.98 Å². The van der Waals surface area contributed by atoms with Gasteiger partial charge in [0.15, 0.2) is 11.2 Å². The molecular formula is C22H20N2O4S. The van der Waals surface area contributed by atoms with Crippen LogP contribution in [0.3, 0.4) is 0 Å². The lowest BCUT2D eigenvalue weighted by molar-refractivity contribution is -0.128. The quantitative estimate of drug-likeness (QED) is 0.617. The van der Waals surface area contributed by atoms with E-state index >= 15 is 0 Å². The highest BCUT2D eigenvalue weighted by molar-refractivity contribution is 7.22. The SMILES string of the molecule is O=C1O[C@H](C(=O)N(C[C@H]2CCCO2)c2nc3ccccc3s2)Cc2ccccc21. The summed E-state index contributed by atoms with van der Waals surface area (Å²) in [5.41, 5.74) is 2.22. The molecule has 0 bridgehead atoms. The topological polar surface area (TPSA) is 68.7 Å². The normalized spacial score (nSPS) is 21.0. The molecule has 3 heterocycles. The van der Waals surface area contributed by atoms with Gasteiger partial charge in [-0.3, -0.25) is 9.69 Å². The molecule has 2 aliphatic heterocycles. The molecule has 0 unspecified atom stereocenters. The van der Waals surface area contributed by atoms with Crippen LogP contribution in [0.25, 0.3) is 10.2 Å². The van der Waals surface area contributed by atoms with Crippen molar-refractivity contribution in [3.05, 3.63) is 59.7 Å². The number of para-hydroxylation sites is 1. The maximum Gasteiger partial charge on any atom is 0.339 e. The number of hydrogen-bond donors (Lipinski definition) is 0. The Morgan fingerprint density at radius 3 is 2.83 bits per heavy atom. The first-order valence-electron chi connectivity index (χ1n) is 9.76. The molecule has 7 heteroatoms. The van der Waals surface area contributed by atoms with E-state index in [1.165, 1.54) is 11.3 Å². The van der Waals surface area contributed by atoms with E-state index in [1.54, 1.807) is 17.0 Å². The van der Waals surface area contributed by atoms with Crippen molar-refractivity contribution in [3.8, 4) is 0 Å². The average Bonchev–Trinajstić information content (AvgIpc) is 3.41. The third-order valence-corrected chi connectivity index (χ3v) is 6.42. The Balaban J connectivity index is 1.47. The van der Waals surface area contributed by atoms with Crippen LogP contribution in [-0.4, -0.2) is 42.2 Å².